The number of nitrogens with one attached hydrogen (secondary N) is 1. The van der Waals surface area contributed by atoms with Crippen LogP contribution in [0.4, 0.5) is 0 Å². The van der Waals surface area contributed by atoms with Crippen molar-refractivity contribution in [3.05, 3.63) is 35.4 Å². The average molecular weight is 233 g/mol. The Kier molecular flexibility index (Phi) is 4.19. The predicted octanol–water partition coefficient (Wildman–Crippen LogP) is 2.81. The van der Waals surface area contributed by atoms with Crippen LogP contribution in [0.1, 0.15) is 50.3 Å². The minimum absolute atomic E-state index is 0.0772. The lowest BCUT2D eigenvalue weighted by molar-refractivity contribution is 0.0586. The van der Waals surface area contributed by atoms with Gasteiger partial charge in [0.2, 0.25) is 0 Å². The lowest BCUT2D eigenvalue weighted by Crippen LogP contribution is -2.45. The second-order valence-electron chi connectivity index (χ2n) is 5.20. The van der Waals surface area contributed by atoms with Crippen LogP contribution in [0.25, 0.3) is 0 Å². The largest absolute Gasteiger partial charge is 0.393 e. The van der Waals surface area contributed by atoms with Crippen molar-refractivity contribution in [2.24, 2.45) is 0 Å². The molecule has 1 aliphatic rings. The van der Waals surface area contributed by atoms with E-state index in [9.17, 15) is 5.11 Å². The van der Waals surface area contributed by atoms with E-state index in [1.807, 2.05) is 0 Å². The molecule has 0 radical (unpaired) electrons. The van der Waals surface area contributed by atoms with Gasteiger partial charge in [-0.05, 0) is 37.3 Å². The maximum atomic E-state index is 9.26. The van der Waals surface area contributed by atoms with Crippen LogP contribution in [0.3, 0.4) is 0 Å². The molecule has 2 heteroatoms. The smallest absolute Gasteiger partial charge is 0.0570 e. The van der Waals surface area contributed by atoms with Gasteiger partial charge in [0.1, 0.15) is 0 Å². The number of aliphatic hydroxyl groups excluding tert-OH is 1. The molecular formula is C15H23NO. The third-order valence-corrected chi connectivity index (χ3v) is 3.62. The van der Waals surface area contributed by atoms with Gasteiger partial charge in [-0.2, -0.15) is 0 Å². The van der Waals surface area contributed by atoms with Crippen molar-refractivity contribution >= 4 is 0 Å². The average Bonchev–Trinajstić information content (AvgIpc) is 2.28. The second-order valence-corrected chi connectivity index (χ2v) is 5.20. The lowest BCUT2D eigenvalue weighted by atomic mass is 9.88. The van der Waals surface area contributed by atoms with Crippen LogP contribution in [0.5, 0.6) is 0 Å². The molecule has 17 heavy (non-hydrogen) atoms. The Morgan fingerprint density at radius 2 is 1.94 bits per heavy atom. The number of aryl methyl sites for hydroxylation is 1. The first kappa shape index (κ1) is 12.6. The minimum atomic E-state index is -0.0772. The van der Waals surface area contributed by atoms with Crippen LogP contribution in [0, 0.1) is 0 Å². The Morgan fingerprint density at radius 1 is 1.29 bits per heavy atom. The second kappa shape index (κ2) is 5.65. The highest BCUT2D eigenvalue weighted by molar-refractivity contribution is 5.25. The highest BCUT2D eigenvalue weighted by Crippen LogP contribution is 2.23. The van der Waals surface area contributed by atoms with E-state index in [0.717, 1.165) is 19.3 Å². The Bertz CT molecular complexity index is 340. The summed E-state index contributed by atoms with van der Waals surface area (Å²) in [5.41, 5.74) is 2.76. The van der Waals surface area contributed by atoms with Crippen LogP contribution in [0.15, 0.2) is 24.3 Å². The molecule has 0 spiro atoms. The number of aliphatic hydroxyl groups is 1. The molecule has 94 valence electrons. The van der Waals surface area contributed by atoms with Gasteiger partial charge >= 0.3 is 0 Å². The molecule has 0 aromatic heterocycles. The first-order chi connectivity index (χ1) is 8.19. The van der Waals surface area contributed by atoms with Crippen LogP contribution in [-0.4, -0.2) is 17.3 Å². The molecule has 0 aliphatic heterocycles. The van der Waals surface area contributed by atoms with Gasteiger partial charge in [0.05, 0.1) is 6.10 Å². The molecule has 1 atom stereocenters. The molecule has 1 aliphatic carbocycles. The zero-order valence-corrected chi connectivity index (χ0v) is 10.8. The van der Waals surface area contributed by atoms with Gasteiger partial charge in [0.25, 0.3) is 0 Å². The Morgan fingerprint density at radius 3 is 2.47 bits per heavy atom. The van der Waals surface area contributed by atoms with Gasteiger partial charge in [-0.25, -0.2) is 0 Å². The van der Waals surface area contributed by atoms with Crippen LogP contribution < -0.4 is 5.32 Å². The summed E-state index contributed by atoms with van der Waals surface area (Å²) < 4.78 is 0. The van der Waals surface area contributed by atoms with Crippen LogP contribution in [0.2, 0.25) is 0 Å². The quantitative estimate of drug-likeness (QED) is 0.819. The van der Waals surface area contributed by atoms with Crippen molar-refractivity contribution in [2.75, 3.05) is 0 Å². The van der Waals surface area contributed by atoms with Crippen molar-refractivity contribution in [3.63, 3.8) is 0 Å². The minimum Gasteiger partial charge on any atom is -0.393 e. The van der Waals surface area contributed by atoms with Gasteiger partial charge in [-0.3, -0.25) is 0 Å². The molecule has 0 bridgehead atoms. The summed E-state index contributed by atoms with van der Waals surface area (Å²) in [6, 6.07) is 9.77. The molecule has 1 aromatic rings. The summed E-state index contributed by atoms with van der Waals surface area (Å²) in [7, 11) is 0. The highest BCUT2D eigenvalue weighted by Gasteiger charge is 2.27. The number of rotatable bonds is 5. The van der Waals surface area contributed by atoms with E-state index in [-0.39, 0.29) is 6.10 Å². The molecule has 1 aromatic carbocycles. The van der Waals surface area contributed by atoms with E-state index in [4.69, 9.17) is 0 Å². The van der Waals surface area contributed by atoms with Crippen LogP contribution in [-0.2, 0) is 6.42 Å². The fraction of sp³-hybridized carbons (Fsp3) is 0.600. The maximum Gasteiger partial charge on any atom is 0.0570 e. The number of benzene rings is 1. The molecule has 2 rings (SSSR count). The van der Waals surface area contributed by atoms with E-state index in [2.05, 4.69) is 43.4 Å². The molecule has 2 N–H and O–H groups in total. The monoisotopic (exact) mass is 233 g/mol. The third-order valence-electron chi connectivity index (χ3n) is 3.62. The normalized spacial score (nSPS) is 25.4. The van der Waals surface area contributed by atoms with Crippen molar-refractivity contribution in [1.82, 2.24) is 5.32 Å². The highest BCUT2D eigenvalue weighted by atomic mass is 16.3. The summed E-state index contributed by atoms with van der Waals surface area (Å²) in [6.07, 6.45) is 4.09. The van der Waals surface area contributed by atoms with Crippen molar-refractivity contribution < 1.29 is 5.11 Å². The Balaban J connectivity index is 1.87. The zero-order valence-electron chi connectivity index (χ0n) is 10.8. The van der Waals surface area contributed by atoms with Gasteiger partial charge in [-0.15, -0.1) is 0 Å². The van der Waals surface area contributed by atoms with Gasteiger partial charge in [-0.1, -0.05) is 37.6 Å². The molecule has 1 unspecified atom stereocenters. The van der Waals surface area contributed by atoms with E-state index in [0.29, 0.717) is 12.1 Å². The molecule has 0 saturated heterocycles. The molecule has 1 fully saturated rings. The van der Waals surface area contributed by atoms with Gasteiger partial charge < -0.3 is 10.4 Å². The number of hydrogen-bond acceptors (Lipinski definition) is 2. The van der Waals surface area contributed by atoms with Crippen molar-refractivity contribution in [3.8, 4) is 0 Å². The molecular weight excluding hydrogens is 210 g/mol. The zero-order chi connectivity index (χ0) is 12.3. The fourth-order valence-corrected chi connectivity index (χ4v) is 2.44. The molecule has 0 amide bonds. The number of hydrogen-bond donors (Lipinski definition) is 2. The summed E-state index contributed by atoms with van der Waals surface area (Å²) in [5.74, 6) is 0. The van der Waals surface area contributed by atoms with Gasteiger partial charge in [0, 0.05) is 12.1 Å². The van der Waals surface area contributed by atoms with E-state index >= 15 is 0 Å². The molecule has 2 nitrogen and oxygen atoms in total. The fourth-order valence-electron chi connectivity index (χ4n) is 2.44. The van der Waals surface area contributed by atoms with Crippen molar-refractivity contribution in [1.29, 1.82) is 0 Å². The predicted molar refractivity (Wildman–Crippen MR) is 71.0 cm³/mol. The first-order valence-corrected chi connectivity index (χ1v) is 6.72. The maximum absolute atomic E-state index is 9.26. The van der Waals surface area contributed by atoms with Gasteiger partial charge in [0.15, 0.2) is 0 Å². The summed E-state index contributed by atoms with van der Waals surface area (Å²) in [6.45, 7) is 4.40. The van der Waals surface area contributed by atoms with Crippen molar-refractivity contribution in [2.45, 2.75) is 57.7 Å². The SMILES string of the molecule is CCCc1ccc(C(C)NC2CC(O)C2)cc1. The summed E-state index contributed by atoms with van der Waals surface area (Å²) in [4.78, 5) is 0. The Labute approximate surface area is 104 Å². The first-order valence-electron chi connectivity index (χ1n) is 6.72. The standard InChI is InChI=1S/C15H23NO/c1-3-4-12-5-7-13(8-6-12)11(2)16-14-9-15(17)10-14/h5-8,11,14-17H,3-4,9-10H2,1-2H3. The molecule has 1 saturated carbocycles. The summed E-state index contributed by atoms with van der Waals surface area (Å²) in [5, 5.41) is 12.8. The van der Waals surface area contributed by atoms with Crippen LogP contribution >= 0.6 is 0 Å². The molecule has 0 heterocycles. The van der Waals surface area contributed by atoms with E-state index in [1.165, 1.54) is 17.5 Å². The topological polar surface area (TPSA) is 32.3 Å². The Hall–Kier alpha value is -0.860. The lowest BCUT2D eigenvalue weighted by Gasteiger charge is -2.34. The van der Waals surface area contributed by atoms with E-state index < -0.39 is 0 Å². The van der Waals surface area contributed by atoms with E-state index in [1.54, 1.807) is 0 Å². The summed E-state index contributed by atoms with van der Waals surface area (Å²) >= 11 is 0. The third kappa shape index (κ3) is 3.30.